The molecule has 296 valence electrons. The van der Waals surface area contributed by atoms with Crippen molar-refractivity contribution in [3.8, 4) is 0 Å². The molecule has 0 fully saturated rings. The molecule has 58 heavy (non-hydrogen) atoms. The SMILES string of the molecule is CC1(C)C(=CC=C2CCCC(C=CC3=[N+](CCCS(=O)(=O)[O-])c4ccccc4C3(C)C)=C2Sc2ccc(C(=O)[O-])cc2)N(CCCS(=O)(=O)O)c2ccccc21.[Na+].[Na+]. The van der Waals surface area contributed by atoms with E-state index in [0.717, 1.165) is 74.1 Å². The molecule has 2 heterocycles. The number of rotatable bonds is 14. The van der Waals surface area contributed by atoms with E-state index in [4.69, 9.17) is 0 Å². The van der Waals surface area contributed by atoms with E-state index in [0.29, 0.717) is 13.1 Å². The molecule has 3 aromatic carbocycles. The van der Waals surface area contributed by atoms with Gasteiger partial charge in [0.15, 0.2) is 5.71 Å². The molecule has 0 atom stereocenters. The summed E-state index contributed by atoms with van der Waals surface area (Å²) in [6.45, 7) is 9.34. The molecule has 3 aromatic rings. The van der Waals surface area contributed by atoms with Gasteiger partial charge in [-0.3, -0.25) is 4.55 Å². The second-order valence-corrected chi connectivity index (χ2v) is 19.6. The molecule has 0 saturated heterocycles. The van der Waals surface area contributed by atoms with Crippen LogP contribution in [0.15, 0.2) is 124 Å². The van der Waals surface area contributed by atoms with Gasteiger partial charge in [0.05, 0.1) is 27.3 Å². The number of thioether (sulfide) groups is 1. The number of hydrogen-bond acceptors (Lipinski definition) is 9. The van der Waals surface area contributed by atoms with Gasteiger partial charge in [-0.2, -0.15) is 13.0 Å². The number of hydrogen-bond donors (Lipinski definition) is 1. The predicted octanol–water partition coefficient (Wildman–Crippen LogP) is 1.04. The minimum Gasteiger partial charge on any atom is -0.748 e. The number of para-hydroxylation sites is 2. The number of aromatic carboxylic acids is 1. The first kappa shape index (κ1) is 48.4. The van der Waals surface area contributed by atoms with E-state index in [1.54, 1.807) is 36.0 Å². The number of carboxylic acid groups (broad SMARTS) is 1. The van der Waals surface area contributed by atoms with Crippen LogP contribution in [-0.2, 0) is 31.1 Å². The number of benzene rings is 3. The zero-order valence-corrected chi connectivity index (χ0v) is 40.5. The molecule has 3 aliphatic rings. The fraction of sp³-hybridized carbons (Fsp3) is 0.349. The molecule has 0 bridgehead atoms. The van der Waals surface area contributed by atoms with E-state index in [-0.39, 0.29) is 83.3 Å². The van der Waals surface area contributed by atoms with E-state index in [1.165, 1.54) is 0 Å². The van der Waals surface area contributed by atoms with Crippen molar-refractivity contribution >= 4 is 55.1 Å². The van der Waals surface area contributed by atoms with Crippen molar-refractivity contribution in [2.45, 2.75) is 75.5 Å². The Kier molecular flexibility index (Phi) is 16.4. The van der Waals surface area contributed by atoms with Crippen LogP contribution in [0.3, 0.4) is 0 Å². The zero-order chi connectivity index (χ0) is 40.5. The van der Waals surface area contributed by atoms with Crippen LogP contribution in [0.25, 0.3) is 0 Å². The number of allylic oxidation sites excluding steroid dienone is 7. The van der Waals surface area contributed by atoms with Gasteiger partial charge in [0.25, 0.3) is 10.1 Å². The summed E-state index contributed by atoms with van der Waals surface area (Å²) in [6, 6.07) is 22.7. The molecule has 0 saturated carbocycles. The number of fused-ring (bicyclic) bond motifs is 2. The average molecular weight is 862 g/mol. The normalized spacial score (nSPS) is 18.7. The van der Waals surface area contributed by atoms with Crippen LogP contribution in [-0.4, -0.2) is 66.8 Å². The molecule has 6 rings (SSSR count). The van der Waals surface area contributed by atoms with E-state index >= 15 is 0 Å². The second-order valence-electron chi connectivity index (χ2n) is 15.4. The maximum atomic E-state index is 11.6. The predicted molar refractivity (Wildman–Crippen MR) is 219 cm³/mol. The molecule has 10 nitrogen and oxygen atoms in total. The van der Waals surface area contributed by atoms with Crippen molar-refractivity contribution in [1.82, 2.24) is 0 Å². The average Bonchev–Trinajstić information content (AvgIpc) is 3.48. The van der Waals surface area contributed by atoms with Gasteiger partial charge in [-0.05, 0) is 86.1 Å². The van der Waals surface area contributed by atoms with Gasteiger partial charge in [0, 0.05) is 63.0 Å². The van der Waals surface area contributed by atoms with Gasteiger partial charge in [0.1, 0.15) is 6.54 Å². The summed E-state index contributed by atoms with van der Waals surface area (Å²) in [5.74, 6) is -2.04. The van der Waals surface area contributed by atoms with Gasteiger partial charge < -0.3 is 19.4 Å². The molecule has 0 spiro atoms. The summed E-state index contributed by atoms with van der Waals surface area (Å²) in [6.07, 6.45) is 11.4. The summed E-state index contributed by atoms with van der Waals surface area (Å²) >= 11 is 1.56. The Morgan fingerprint density at radius 1 is 0.845 bits per heavy atom. The number of carbonyl (C=O) groups is 1. The molecule has 1 N–H and O–H groups in total. The van der Waals surface area contributed by atoms with Crippen LogP contribution in [0.2, 0.25) is 0 Å². The van der Waals surface area contributed by atoms with E-state index in [9.17, 15) is 35.8 Å². The first-order chi connectivity index (χ1) is 26.4. The quantitative estimate of drug-likeness (QED) is 0.141. The van der Waals surface area contributed by atoms with Crippen LogP contribution < -0.4 is 69.1 Å². The zero-order valence-electron chi connectivity index (χ0n) is 34.0. The topological polar surface area (TPSA) is 158 Å². The first-order valence-electron chi connectivity index (χ1n) is 18.7. The number of anilines is 1. The molecule has 1 aliphatic carbocycles. The fourth-order valence-corrected chi connectivity index (χ4v) is 10.1. The van der Waals surface area contributed by atoms with E-state index in [2.05, 4.69) is 73.6 Å². The Bertz CT molecular complexity index is 2420. The summed E-state index contributed by atoms with van der Waals surface area (Å²) in [7, 11) is -8.49. The molecule has 0 radical (unpaired) electrons. The standard InChI is InChI=1S/C43H48N2O8S3.2Na/c1-42(2)34-14-5-7-16-36(34)44(26-10-28-55(48,49)50)38(42)24-20-30-12-9-13-31(40(30)54-33-22-18-32(19-23-33)41(46)47)21-25-39-43(3,4)35-15-6-8-17-37(35)45(39)27-11-29-56(51,52)53;;/h5-8,14-25H,9-13,26-29H2,1-4H3,(H2-,46,47,48,49,50,51,52,53);;/q;2*+1/p-1. The summed E-state index contributed by atoms with van der Waals surface area (Å²) in [4.78, 5) is 15.6. The van der Waals surface area contributed by atoms with Crippen LogP contribution >= 0.6 is 11.8 Å². The van der Waals surface area contributed by atoms with Crippen LogP contribution in [0.4, 0.5) is 11.4 Å². The largest absolute Gasteiger partial charge is 1.00 e. The molecule has 0 amide bonds. The third-order valence-electron chi connectivity index (χ3n) is 10.8. The van der Waals surface area contributed by atoms with Crippen molar-refractivity contribution in [2.75, 3.05) is 29.5 Å². The van der Waals surface area contributed by atoms with Gasteiger partial charge >= 0.3 is 59.1 Å². The molecule has 15 heteroatoms. The Balaban J connectivity index is 0.00000372. The monoisotopic (exact) mass is 861 g/mol. The van der Waals surface area contributed by atoms with Crippen LogP contribution in [0.1, 0.15) is 81.3 Å². The summed E-state index contributed by atoms with van der Waals surface area (Å²) in [5, 5.41) is 11.5. The first-order valence-corrected chi connectivity index (χ1v) is 22.7. The smallest absolute Gasteiger partial charge is 0.748 e. The van der Waals surface area contributed by atoms with Crippen molar-refractivity contribution in [1.29, 1.82) is 0 Å². The van der Waals surface area contributed by atoms with Gasteiger partial charge in [0.2, 0.25) is 5.69 Å². The van der Waals surface area contributed by atoms with E-state index < -0.39 is 42.8 Å². The van der Waals surface area contributed by atoms with Gasteiger partial charge in [-0.1, -0.05) is 86.3 Å². The Labute approximate surface area is 391 Å². The Morgan fingerprint density at radius 3 is 2.16 bits per heavy atom. The maximum absolute atomic E-state index is 11.6. The van der Waals surface area contributed by atoms with Crippen LogP contribution in [0, 0.1) is 0 Å². The van der Waals surface area contributed by atoms with Crippen molar-refractivity contribution < 1.29 is 99.5 Å². The fourth-order valence-electron chi connectivity index (χ4n) is 8.06. The van der Waals surface area contributed by atoms with Gasteiger partial charge in [-0.15, -0.1) is 0 Å². The third-order valence-corrected chi connectivity index (χ3v) is 13.7. The van der Waals surface area contributed by atoms with Crippen molar-refractivity contribution in [3.63, 3.8) is 0 Å². The van der Waals surface area contributed by atoms with Gasteiger partial charge in [-0.25, -0.2) is 8.42 Å². The second kappa shape index (κ2) is 19.6. The summed E-state index contributed by atoms with van der Waals surface area (Å²) < 4.78 is 69.4. The number of carboxylic acids is 1. The minimum atomic E-state index is -4.37. The summed E-state index contributed by atoms with van der Waals surface area (Å²) in [5.41, 5.74) is 7.68. The van der Waals surface area contributed by atoms with Crippen molar-refractivity contribution in [3.05, 3.63) is 136 Å². The Morgan fingerprint density at radius 2 is 1.50 bits per heavy atom. The minimum absolute atomic E-state index is 0. The third kappa shape index (κ3) is 11.2. The molecular weight excluding hydrogens is 815 g/mol. The number of carbonyl (C=O) groups excluding carboxylic acids is 1. The molecular formula is C43H47N2Na2O8S3+. The Hall–Kier alpha value is -2.27. The molecule has 0 unspecified atom stereocenters. The van der Waals surface area contributed by atoms with Crippen LogP contribution in [0.5, 0.6) is 0 Å². The van der Waals surface area contributed by atoms with Crippen molar-refractivity contribution in [2.24, 2.45) is 0 Å². The molecule has 2 aliphatic heterocycles. The maximum Gasteiger partial charge on any atom is 1.00 e. The number of nitrogens with zero attached hydrogens (tertiary/aromatic N) is 2. The van der Waals surface area contributed by atoms with E-state index in [1.807, 2.05) is 36.4 Å². The molecule has 0 aromatic heterocycles.